The number of pyridine rings is 1. The van der Waals surface area contributed by atoms with Crippen LogP contribution in [0.25, 0.3) is 0 Å². The van der Waals surface area contributed by atoms with Crippen LogP contribution in [-0.4, -0.2) is 17.4 Å². The number of anilines is 1. The van der Waals surface area contributed by atoms with Gasteiger partial charge in [-0.15, -0.1) is 0 Å². The van der Waals surface area contributed by atoms with Gasteiger partial charge in [0.25, 0.3) is 5.91 Å². The molecule has 20 heavy (non-hydrogen) atoms. The first-order valence-corrected chi connectivity index (χ1v) is 7.08. The maximum absolute atomic E-state index is 12.7. The van der Waals surface area contributed by atoms with E-state index in [2.05, 4.69) is 18.0 Å². The summed E-state index contributed by atoms with van der Waals surface area (Å²) in [5.74, 6) is 0.539. The Labute approximate surface area is 119 Å². The molecule has 0 bridgehead atoms. The monoisotopic (exact) mass is 266 g/mol. The molecule has 0 radical (unpaired) electrons. The highest BCUT2D eigenvalue weighted by Gasteiger charge is 2.24. The Hall–Kier alpha value is -2.16. The molecule has 1 aliphatic heterocycles. The molecule has 1 aromatic carbocycles. The topological polar surface area (TPSA) is 33.2 Å². The second-order valence-corrected chi connectivity index (χ2v) is 5.30. The van der Waals surface area contributed by atoms with Crippen LogP contribution < -0.4 is 4.90 Å². The molecule has 0 N–H and O–H groups in total. The molecule has 0 fully saturated rings. The molecule has 3 rings (SSSR count). The van der Waals surface area contributed by atoms with Crippen molar-refractivity contribution in [3.8, 4) is 0 Å². The van der Waals surface area contributed by atoms with Gasteiger partial charge in [0.1, 0.15) is 0 Å². The van der Waals surface area contributed by atoms with Crippen LogP contribution in [0.1, 0.15) is 41.6 Å². The van der Waals surface area contributed by atoms with Crippen molar-refractivity contribution in [2.24, 2.45) is 0 Å². The average Bonchev–Trinajstić information content (AvgIpc) is 2.67. The molecule has 0 saturated heterocycles. The molecule has 3 heteroatoms. The zero-order valence-corrected chi connectivity index (χ0v) is 11.6. The van der Waals surface area contributed by atoms with E-state index in [1.165, 1.54) is 5.56 Å². The lowest BCUT2D eigenvalue weighted by Gasteiger charge is -2.23. The van der Waals surface area contributed by atoms with Gasteiger partial charge >= 0.3 is 0 Å². The summed E-state index contributed by atoms with van der Waals surface area (Å²) in [6.45, 7) is 3.01. The van der Waals surface area contributed by atoms with Crippen LogP contribution in [0.4, 0.5) is 5.69 Å². The molecule has 3 nitrogen and oxygen atoms in total. The van der Waals surface area contributed by atoms with Gasteiger partial charge in [-0.05, 0) is 42.5 Å². The van der Waals surface area contributed by atoms with Crippen molar-refractivity contribution in [1.82, 2.24) is 4.98 Å². The van der Waals surface area contributed by atoms with E-state index in [4.69, 9.17) is 0 Å². The van der Waals surface area contributed by atoms with Crippen LogP contribution in [0.2, 0.25) is 0 Å². The zero-order chi connectivity index (χ0) is 13.9. The van der Waals surface area contributed by atoms with E-state index in [1.54, 1.807) is 18.5 Å². The minimum Gasteiger partial charge on any atom is -0.308 e. The van der Waals surface area contributed by atoms with Gasteiger partial charge in [-0.2, -0.15) is 0 Å². The first-order chi connectivity index (χ1) is 9.77. The van der Waals surface area contributed by atoms with E-state index in [0.717, 1.165) is 25.1 Å². The Bertz CT molecular complexity index is 609. The third-order valence-corrected chi connectivity index (χ3v) is 3.93. The number of amides is 1. The molecule has 1 aromatic heterocycles. The van der Waals surface area contributed by atoms with Crippen LogP contribution in [0.3, 0.4) is 0 Å². The third-order valence-electron chi connectivity index (χ3n) is 3.93. The van der Waals surface area contributed by atoms with Crippen molar-refractivity contribution in [3.63, 3.8) is 0 Å². The summed E-state index contributed by atoms with van der Waals surface area (Å²) in [7, 11) is 0. The summed E-state index contributed by atoms with van der Waals surface area (Å²) in [5.41, 5.74) is 2.96. The maximum atomic E-state index is 12.7. The fourth-order valence-electron chi connectivity index (χ4n) is 2.84. The summed E-state index contributed by atoms with van der Waals surface area (Å²) in [6, 6.07) is 11.9. The van der Waals surface area contributed by atoms with Crippen molar-refractivity contribution in [3.05, 3.63) is 59.9 Å². The van der Waals surface area contributed by atoms with Gasteiger partial charge in [0.05, 0.1) is 5.56 Å². The van der Waals surface area contributed by atoms with Crippen LogP contribution >= 0.6 is 0 Å². The molecule has 1 unspecified atom stereocenters. The largest absolute Gasteiger partial charge is 0.308 e. The Kier molecular flexibility index (Phi) is 3.50. The van der Waals surface area contributed by atoms with Crippen molar-refractivity contribution >= 4 is 11.6 Å². The van der Waals surface area contributed by atoms with Gasteiger partial charge in [0.15, 0.2) is 0 Å². The Morgan fingerprint density at radius 1 is 1.25 bits per heavy atom. The van der Waals surface area contributed by atoms with E-state index < -0.39 is 0 Å². The highest BCUT2D eigenvalue weighted by molar-refractivity contribution is 6.06. The quantitative estimate of drug-likeness (QED) is 0.789. The number of benzene rings is 1. The van der Waals surface area contributed by atoms with Crippen molar-refractivity contribution in [1.29, 1.82) is 0 Å². The van der Waals surface area contributed by atoms with Crippen LogP contribution in [0, 0.1) is 0 Å². The summed E-state index contributed by atoms with van der Waals surface area (Å²) in [5, 5.41) is 0. The molecule has 1 aliphatic rings. The number of hydrogen-bond acceptors (Lipinski definition) is 2. The van der Waals surface area contributed by atoms with E-state index in [1.807, 2.05) is 29.2 Å². The van der Waals surface area contributed by atoms with Gasteiger partial charge in [0.2, 0.25) is 0 Å². The minimum absolute atomic E-state index is 0.0413. The number of carbonyl (C=O) groups is 1. The van der Waals surface area contributed by atoms with Gasteiger partial charge in [-0.1, -0.05) is 25.1 Å². The minimum atomic E-state index is 0.0413. The van der Waals surface area contributed by atoms with Crippen LogP contribution in [0.15, 0.2) is 48.8 Å². The molecular weight excluding hydrogens is 248 g/mol. The summed E-state index contributed by atoms with van der Waals surface area (Å²) < 4.78 is 0. The SMILES string of the molecule is CC1CCCN(C(=O)c2cccnc2)c2ccccc21. The maximum Gasteiger partial charge on any atom is 0.259 e. The second-order valence-electron chi connectivity index (χ2n) is 5.30. The van der Waals surface area contributed by atoms with Gasteiger partial charge in [0, 0.05) is 24.6 Å². The molecule has 0 spiro atoms. The molecule has 2 heterocycles. The fourth-order valence-corrected chi connectivity index (χ4v) is 2.84. The van der Waals surface area contributed by atoms with Crippen molar-refractivity contribution in [2.45, 2.75) is 25.7 Å². The molecule has 1 amide bonds. The summed E-state index contributed by atoms with van der Waals surface area (Å²) in [4.78, 5) is 18.7. The Balaban J connectivity index is 2.01. The standard InChI is InChI=1S/C17H18N2O/c1-13-6-5-11-19(16-9-3-2-8-15(13)16)17(20)14-7-4-10-18-12-14/h2-4,7-10,12-13H,5-6,11H2,1H3. The first kappa shape index (κ1) is 12.9. The van der Waals surface area contributed by atoms with E-state index >= 15 is 0 Å². The zero-order valence-electron chi connectivity index (χ0n) is 11.6. The molecule has 1 atom stereocenters. The number of rotatable bonds is 1. The Morgan fingerprint density at radius 2 is 2.10 bits per heavy atom. The number of hydrogen-bond donors (Lipinski definition) is 0. The summed E-state index contributed by atoms with van der Waals surface area (Å²) in [6.07, 6.45) is 5.48. The number of aromatic nitrogens is 1. The summed E-state index contributed by atoms with van der Waals surface area (Å²) >= 11 is 0. The lowest BCUT2D eigenvalue weighted by molar-refractivity contribution is 0.0986. The predicted molar refractivity (Wildman–Crippen MR) is 80.0 cm³/mol. The van der Waals surface area contributed by atoms with Crippen molar-refractivity contribution in [2.75, 3.05) is 11.4 Å². The normalized spacial score (nSPS) is 18.2. The third kappa shape index (κ3) is 2.31. The molecular formula is C17H18N2O. The molecule has 0 saturated carbocycles. The molecule has 102 valence electrons. The average molecular weight is 266 g/mol. The first-order valence-electron chi connectivity index (χ1n) is 7.08. The van der Waals surface area contributed by atoms with Crippen LogP contribution in [0.5, 0.6) is 0 Å². The van der Waals surface area contributed by atoms with Gasteiger partial charge in [-0.3, -0.25) is 9.78 Å². The smallest absolute Gasteiger partial charge is 0.259 e. The van der Waals surface area contributed by atoms with Gasteiger partial charge < -0.3 is 4.90 Å². The van der Waals surface area contributed by atoms with E-state index in [9.17, 15) is 4.79 Å². The fraction of sp³-hybridized carbons (Fsp3) is 0.294. The molecule has 0 aliphatic carbocycles. The number of carbonyl (C=O) groups excluding carboxylic acids is 1. The van der Waals surface area contributed by atoms with Gasteiger partial charge in [-0.25, -0.2) is 0 Å². The number of fused-ring (bicyclic) bond motifs is 1. The Morgan fingerprint density at radius 3 is 2.90 bits per heavy atom. The lowest BCUT2D eigenvalue weighted by Crippen LogP contribution is -2.31. The highest BCUT2D eigenvalue weighted by Crippen LogP contribution is 2.34. The molecule has 2 aromatic rings. The number of para-hydroxylation sites is 1. The second kappa shape index (κ2) is 5.45. The van der Waals surface area contributed by atoms with Crippen molar-refractivity contribution < 1.29 is 4.79 Å². The number of nitrogens with zero attached hydrogens (tertiary/aromatic N) is 2. The van der Waals surface area contributed by atoms with E-state index in [0.29, 0.717) is 11.5 Å². The lowest BCUT2D eigenvalue weighted by atomic mass is 9.96. The predicted octanol–water partition coefficient (Wildman–Crippen LogP) is 3.63. The van der Waals surface area contributed by atoms with Crippen LogP contribution in [-0.2, 0) is 0 Å². The highest BCUT2D eigenvalue weighted by atomic mass is 16.2. The van der Waals surface area contributed by atoms with E-state index in [-0.39, 0.29) is 5.91 Å².